The summed E-state index contributed by atoms with van der Waals surface area (Å²) in [5.74, 6) is -3.52. The van der Waals surface area contributed by atoms with Gasteiger partial charge < -0.3 is 31.3 Å². The fourth-order valence-electron chi connectivity index (χ4n) is 7.27. The van der Waals surface area contributed by atoms with Gasteiger partial charge in [0.05, 0.1) is 17.5 Å². The first-order valence-electron chi connectivity index (χ1n) is 18.0. The van der Waals surface area contributed by atoms with Gasteiger partial charge in [0.2, 0.25) is 29.5 Å². The maximum Gasteiger partial charge on any atom is 0.326 e. The Labute approximate surface area is 316 Å². The van der Waals surface area contributed by atoms with Gasteiger partial charge in [-0.25, -0.2) is 9.78 Å². The number of amides is 5. The summed E-state index contributed by atoms with van der Waals surface area (Å²) < 4.78 is 0. The molecule has 0 spiro atoms. The van der Waals surface area contributed by atoms with E-state index in [1.807, 2.05) is 47.8 Å². The summed E-state index contributed by atoms with van der Waals surface area (Å²) in [6.07, 6.45) is 3.02. The molecule has 2 saturated heterocycles. The molecule has 6 rings (SSSR count). The SMILES string of the molecule is O=C1CC[C@@H](C(=O)O)NC(=O)[C@@H]2C[C@@H](NC(=O)Cc3csc(-c4ccccc4)n3)CN2C(=O)[C@@H](NC(=O)C2(c3ccc(Cl)cc3)CCC2)CCCCN1. The Morgan fingerprint density at radius 2 is 1.74 bits per heavy atom. The fraction of sp³-hybridized carbons (Fsp3) is 0.447. The van der Waals surface area contributed by atoms with Crippen LogP contribution in [0.2, 0.25) is 5.02 Å². The highest BCUT2D eigenvalue weighted by Crippen LogP contribution is 2.44. The Hall–Kier alpha value is -4.82. The smallest absolute Gasteiger partial charge is 0.326 e. The van der Waals surface area contributed by atoms with Gasteiger partial charge in [-0.1, -0.05) is 60.5 Å². The van der Waals surface area contributed by atoms with Crippen molar-refractivity contribution in [2.75, 3.05) is 13.1 Å². The Balaban J connectivity index is 1.22. The number of carbonyl (C=O) groups excluding carboxylic acids is 5. The quantitative estimate of drug-likeness (QED) is 0.231. The number of benzene rings is 2. The van der Waals surface area contributed by atoms with Crippen molar-refractivity contribution in [2.45, 2.75) is 93.8 Å². The van der Waals surface area contributed by atoms with Gasteiger partial charge in [0.25, 0.3) is 0 Å². The van der Waals surface area contributed by atoms with E-state index in [9.17, 15) is 33.9 Å². The number of nitrogens with zero attached hydrogens (tertiary/aromatic N) is 2. The molecule has 1 aliphatic carbocycles. The van der Waals surface area contributed by atoms with Gasteiger partial charge in [-0.2, -0.15) is 0 Å². The lowest BCUT2D eigenvalue weighted by Crippen LogP contribution is -2.58. The number of aliphatic carboxylic acids is 1. The standard InChI is InChI=1S/C38H43ClN6O7S/c39-25-12-10-24(11-13-25)38(16-6-17-38)37(52)44-28-9-4-5-18-40-31(46)15-14-29(36(50)51)43-33(48)30-19-26(21-45(30)35(28)49)41-32(47)20-27-22-53-34(42-27)23-7-2-1-3-8-23/h1-3,7-8,10-13,22,26,28-30H,4-6,9,14-21H2,(H,40,46)(H,41,47)(H,43,48)(H,44,52)(H,50,51)/t26-,28+,29+,30+/m1/s1. The molecule has 1 aromatic heterocycles. The Morgan fingerprint density at radius 3 is 2.43 bits per heavy atom. The number of carboxylic acid groups (broad SMARTS) is 1. The third-order valence-corrected chi connectivity index (χ3v) is 11.5. The number of carboxylic acids is 1. The molecule has 13 nitrogen and oxygen atoms in total. The van der Waals surface area contributed by atoms with Crippen molar-refractivity contribution in [3.63, 3.8) is 0 Å². The summed E-state index contributed by atoms with van der Waals surface area (Å²) >= 11 is 7.56. The van der Waals surface area contributed by atoms with Crippen LogP contribution < -0.4 is 21.3 Å². The van der Waals surface area contributed by atoms with Crippen LogP contribution in [0.1, 0.15) is 69.0 Å². The molecule has 5 N–H and O–H groups in total. The molecule has 3 aromatic rings. The summed E-state index contributed by atoms with van der Waals surface area (Å²) in [4.78, 5) is 86.2. The number of carbonyl (C=O) groups is 6. The van der Waals surface area contributed by atoms with Crippen molar-refractivity contribution in [1.82, 2.24) is 31.2 Å². The van der Waals surface area contributed by atoms with Gasteiger partial charge in [-0.15, -0.1) is 11.3 Å². The van der Waals surface area contributed by atoms with Crippen LogP contribution in [0.15, 0.2) is 60.0 Å². The zero-order chi connectivity index (χ0) is 37.5. The minimum absolute atomic E-state index is 0.0146. The number of thiazole rings is 1. The maximum atomic E-state index is 14.5. The van der Waals surface area contributed by atoms with E-state index in [-0.39, 0.29) is 56.4 Å². The van der Waals surface area contributed by atoms with Crippen LogP contribution in [0.3, 0.4) is 0 Å². The monoisotopic (exact) mass is 762 g/mol. The highest BCUT2D eigenvalue weighted by Gasteiger charge is 2.48. The van der Waals surface area contributed by atoms with Crippen molar-refractivity contribution < 1.29 is 33.9 Å². The second-order valence-corrected chi connectivity index (χ2v) is 15.2. The van der Waals surface area contributed by atoms with Crippen LogP contribution in [0, 0.1) is 0 Å². The highest BCUT2D eigenvalue weighted by molar-refractivity contribution is 7.13. The highest BCUT2D eigenvalue weighted by atomic mass is 35.5. The lowest BCUT2D eigenvalue weighted by atomic mass is 9.63. The first kappa shape index (κ1) is 37.9. The van der Waals surface area contributed by atoms with E-state index in [1.54, 1.807) is 12.1 Å². The first-order chi connectivity index (χ1) is 25.5. The Bertz CT molecular complexity index is 1830. The second kappa shape index (κ2) is 16.9. The van der Waals surface area contributed by atoms with E-state index in [1.165, 1.54) is 16.2 Å². The third-order valence-electron chi connectivity index (χ3n) is 10.3. The van der Waals surface area contributed by atoms with Crippen molar-refractivity contribution in [3.8, 4) is 10.6 Å². The van der Waals surface area contributed by atoms with Gasteiger partial charge in [0.15, 0.2) is 0 Å². The molecule has 0 unspecified atom stereocenters. The van der Waals surface area contributed by atoms with E-state index in [0.29, 0.717) is 42.9 Å². The maximum absolute atomic E-state index is 14.5. The van der Waals surface area contributed by atoms with E-state index in [4.69, 9.17) is 11.6 Å². The Morgan fingerprint density at radius 1 is 0.981 bits per heavy atom. The topological polar surface area (TPSA) is 187 Å². The molecule has 280 valence electrons. The number of fused-ring (bicyclic) bond motifs is 1. The van der Waals surface area contributed by atoms with Gasteiger partial charge in [-0.3, -0.25) is 24.0 Å². The van der Waals surface area contributed by atoms with Gasteiger partial charge in [0, 0.05) is 41.5 Å². The van der Waals surface area contributed by atoms with Crippen molar-refractivity contribution in [3.05, 3.63) is 76.3 Å². The van der Waals surface area contributed by atoms with E-state index >= 15 is 0 Å². The van der Waals surface area contributed by atoms with Crippen LogP contribution in [0.4, 0.5) is 0 Å². The van der Waals surface area contributed by atoms with Crippen LogP contribution in [-0.2, 0) is 40.6 Å². The number of halogens is 1. The average molecular weight is 763 g/mol. The number of rotatable bonds is 8. The zero-order valence-corrected chi connectivity index (χ0v) is 30.7. The van der Waals surface area contributed by atoms with Crippen LogP contribution in [0.25, 0.3) is 10.6 Å². The average Bonchev–Trinajstić information content (AvgIpc) is 3.76. The molecular formula is C38H43ClN6O7S. The molecule has 3 heterocycles. The fourth-order valence-corrected chi connectivity index (χ4v) is 8.22. The number of nitrogens with one attached hydrogen (secondary N) is 4. The number of hydrogen-bond donors (Lipinski definition) is 5. The number of aromatic nitrogens is 1. The largest absolute Gasteiger partial charge is 0.480 e. The molecule has 5 amide bonds. The Kier molecular flexibility index (Phi) is 12.1. The van der Waals surface area contributed by atoms with E-state index in [0.717, 1.165) is 22.6 Å². The summed E-state index contributed by atoms with van der Waals surface area (Å²) in [6, 6.07) is 12.6. The molecule has 53 heavy (non-hydrogen) atoms. The molecule has 4 atom stereocenters. The number of hydrogen-bond acceptors (Lipinski definition) is 8. The van der Waals surface area contributed by atoms with Crippen LogP contribution in [0.5, 0.6) is 0 Å². The van der Waals surface area contributed by atoms with Crippen LogP contribution >= 0.6 is 22.9 Å². The molecule has 1 saturated carbocycles. The molecule has 15 heteroatoms. The van der Waals surface area contributed by atoms with Gasteiger partial charge in [0.1, 0.15) is 23.1 Å². The summed E-state index contributed by atoms with van der Waals surface area (Å²) in [5, 5.41) is 24.3. The zero-order valence-electron chi connectivity index (χ0n) is 29.1. The normalized spacial score (nSPS) is 23.6. The van der Waals surface area contributed by atoms with E-state index < -0.39 is 47.4 Å². The third kappa shape index (κ3) is 9.05. The summed E-state index contributed by atoms with van der Waals surface area (Å²) in [7, 11) is 0. The van der Waals surface area contributed by atoms with Crippen molar-refractivity contribution in [2.24, 2.45) is 0 Å². The minimum atomic E-state index is -1.37. The predicted octanol–water partition coefficient (Wildman–Crippen LogP) is 3.35. The molecule has 0 radical (unpaired) electrons. The molecule has 2 aliphatic heterocycles. The summed E-state index contributed by atoms with van der Waals surface area (Å²) in [5.41, 5.74) is 1.48. The molecule has 0 bridgehead atoms. The van der Waals surface area contributed by atoms with Crippen molar-refractivity contribution in [1.29, 1.82) is 0 Å². The molecule has 2 aromatic carbocycles. The molecule has 3 fully saturated rings. The van der Waals surface area contributed by atoms with Gasteiger partial charge in [-0.05, 0) is 62.6 Å². The lowest BCUT2D eigenvalue weighted by Gasteiger charge is -2.42. The van der Waals surface area contributed by atoms with E-state index in [2.05, 4.69) is 26.3 Å². The summed E-state index contributed by atoms with van der Waals surface area (Å²) in [6.45, 7) is 0.278. The molecule has 3 aliphatic rings. The molecular weight excluding hydrogens is 720 g/mol. The van der Waals surface area contributed by atoms with Crippen molar-refractivity contribution >= 4 is 58.4 Å². The second-order valence-electron chi connectivity index (χ2n) is 13.9. The van der Waals surface area contributed by atoms with Crippen LogP contribution in [-0.4, -0.2) is 87.8 Å². The first-order valence-corrected chi connectivity index (χ1v) is 19.2. The van der Waals surface area contributed by atoms with Gasteiger partial charge >= 0.3 is 5.97 Å². The lowest BCUT2D eigenvalue weighted by molar-refractivity contribution is -0.145. The minimum Gasteiger partial charge on any atom is -0.480 e. The predicted molar refractivity (Wildman–Crippen MR) is 198 cm³/mol.